The molecular weight excluding hydrogens is 428 g/mol. The molecular formula is C20H14Br2N2. The van der Waals surface area contributed by atoms with Crippen LogP contribution in [0.2, 0.25) is 0 Å². The summed E-state index contributed by atoms with van der Waals surface area (Å²) in [5, 5.41) is 0. The first-order valence-corrected chi connectivity index (χ1v) is 9.20. The molecule has 0 fully saturated rings. The third-order valence-corrected chi connectivity index (χ3v) is 5.20. The first kappa shape index (κ1) is 15.5. The topological polar surface area (TPSA) is 9.86 Å². The molecule has 2 aromatic heterocycles. The summed E-state index contributed by atoms with van der Waals surface area (Å²) in [6, 6.07) is 29.2. The summed E-state index contributed by atoms with van der Waals surface area (Å²) in [5.74, 6) is 0. The Morgan fingerprint density at radius 3 is 1.21 bits per heavy atom. The van der Waals surface area contributed by atoms with Crippen molar-refractivity contribution in [3.05, 3.63) is 94.1 Å². The fraction of sp³-hybridized carbons (Fsp3) is 0. The van der Waals surface area contributed by atoms with Gasteiger partial charge in [-0.2, -0.15) is 0 Å². The van der Waals surface area contributed by atoms with E-state index in [-0.39, 0.29) is 0 Å². The fourth-order valence-corrected chi connectivity index (χ4v) is 3.96. The third-order valence-electron chi connectivity index (χ3n) is 3.96. The lowest BCUT2D eigenvalue weighted by molar-refractivity contribution is 1.000. The molecule has 0 radical (unpaired) electrons. The van der Waals surface area contributed by atoms with Crippen molar-refractivity contribution < 1.29 is 0 Å². The lowest BCUT2D eigenvalue weighted by atomic mass is 10.2. The van der Waals surface area contributed by atoms with Crippen molar-refractivity contribution >= 4 is 31.9 Å². The van der Waals surface area contributed by atoms with Gasteiger partial charge < -0.3 is 9.13 Å². The fourth-order valence-electron chi connectivity index (χ4n) is 2.90. The standard InChI is InChI=1S/C20H14Br2N2/c21-19-13-11-17(23(19)15-7-3-1-4-8-15)18-12-14-20(22)24(18)16-9-5-2-6-10-16/h1-14H. The van der Waals surface area contributed by atoms with E-state index in [9.17, 15) is 0 Å². The Balaban J connectivity index is 1.94. The molecule has 0 amide bonds. The van der Waals surface area contributed by atoms with E-state index in [4.69, 9.17) is 0 Å². The molecule has 0 aliphatic heterocycles. The van der Waals surface area contributed by atoms with Gasteiger partial charge in [-0.3, -0.25) is 0 Å². The van der Waals surface area contributed by atoms with Crippen molar-refractivity contribution in [2.45, 2.75) is 0 Å². The summed E-state index contributed by atoms with van der Waals surface area (Å²) in [6.45, 7) is 0. The molecule has 2 aromatic carbocycles. The third kappa shape index (κ3) is 2.66. The van der Waals surface area contributed by atoms with Gasteiger partial charge in [0.2, 0.25) is 0 Å². The quantitative estimate of drug-likeness (QED) is 0.345. The zero-order valence-electron chi connectivity index (χ0n) is 12.7. The second-order valence-electron chi connectivity index (χ2n) is 5.42. The van der Waals surface area contributed by atoms with Crippen molar-refractivity contribution in [1.29, 1.82) is 0 Å². The summed E-state index contributed by atoms with van der Waals surface area (Å²) in [6.07, 6.45) is 0. The molecule has 0 atom stereocenters. The Bertz CT molecular complexity index is 888. The molecule has 0 bridgehead atoms. The van der Waals surface area contributed by atoms with Gasteiger partial charge in [-0.1, -0.05) is 36.4 Å². The van der Waals surface area contributed by atoms with Gasteiger partial charge in [-0.25, -0.2) is 0 Å². The van der Waals surface area contributed by atoms with Crippen LogP contribution in [-0.2, 0) is 0 Å². The monoisotopic (exact) mass is 440 g/mol. The van der Waals surface area contributed by atoms with E-state index in [0.717, 1.165) is 32.0 Å². The van der Waals surface area contributed by atoms with Crippen LogP contribution in [0.4, 0.5) is 0 Å². The van der Waals surface area contributed by atoms with Gasteiger partial charge in [0.15, 0.2) is 0 Å². The number of rotatable bonds is 3. The highest BCUT2D eigenvalue weighted by Crippen LogP contribution is 2.34. The van der Waals surface area contributed by atoms with Gasteiger partial charge in [0.25, 0.3) is 0 Å². The highest BCUT2D eigenvalue weighted by molar-refractivity contribution is 9.10. The minimum atomic E-state index is 1.03. The van der Waals surface area contributed by atoms with Gasteiger partial charge in [0.1, 0.15) is 0 Å². The Morgan fingerprint density at radius 1 is 0.458 bits per heavy atom. The number of nitrogens with zero attached hydrogens (tertiary/aromatic N) is 2. The average molecular weight is 442 g/mol. The van der Waals surface area contributed by atoms with Crippen molar-refractivity contribution in [3.63, 3.8) is 0 Å². The van der Waals surface area contributed by atoms with Crippen LogP contribution in [0.25, 0.3) is 22.8 Å². The second-order valence-corrected chi connectivity index (χ2v) is 7.05. The molecule has 4 rings (SSSR count). The van der Waals surface area contributed by atoms with Crippen LogP contribution in [0.5, 0.6) is 0 Å². The number of hydrogen-bond acceptors (Lipinski definition) is 0. The number of para-hydroxylation sites is 2. The van der Waals surface area contributed by atoms with Crippen molar-refractivity contribution in [2.75, 3.05) is 0 Å². The molecule has 0 aliphatic rings. The van der Waals surface area contributed by atoms with Gasteiger partial charge in [0.05, 0.1) is 20.6 Å². The van der Waals surface area contributed by atoms with Gasteiger partial charge in [-0.15, -0.1) is 0 Å². The highest BCUT2D eigenvalue weighted by Gasteiger charge is 2.16. The normalized spacial score (nSPS) is 10.9. The molecule has 4 aromatic rings. The van der Waals surface area contributed by atoms with E-state index in [1.54, 1.807) is 0 Å². The second kappa shape index (κ2) is 6.46. The zero-order chi connectivity index (χ0) is 16.5. The maximum Gasteiger partial charge on any atom is 0.0897 e. The predicted molar refractivity (Wildman–Crippen MR) is 106 cm³/mol. The molecule has 0 N–H and O–H groups in total. The average Bonchev–Trinajstić information content (AvgIpc) is 3.19. The first-order valence-electron chi connectivity index (χ1n) is 7.61. The number of hydrogen-bond donors (Lipinski definition) is 0. The Kier molecular flexibility index (Phi) is 4.17. The van der Waals surface area contributed by atoms with Crippen LogP contribution in [0, 0.1) is 0 Å². The predicted octanol–water partition coefficient (Wildman–Crippen LogP) is 6.46. The maximum atomic E-state index is 3.68. The minimum absolute atomic E-state index is 1.03. The van der Waals surface area contributed by atoms with Crippen LogP contribution in [0.3, 0.4) is 0 Å². The van der Waals surface area contributed by atoms with E-state index in [2.05, 4.69) is 114 Å². The Morgan fingerprint density at radius 2 is 0.833 bits per heavy atom. The lowest BCUT2D eigenvalue weighted by Crippen LogP contribution is -2.02. The molecule has 0 saturated carbocycles. The number of aromatic nitrogens is 2. The molecule has 2 nitrogen and oxygen atoms in total. The smallest absolute Gasteiger partial charge is 0.0897 e. The molecule has 0 aliphatic carbocycles. The van der Waals surface area contributed by atoms with Crippen LogP contribution < -0.4 is 0 Å². The highest BCUT2D eigenvalue weighted by atomic mass is 79.9. The van der Waals surface area contributed by atoms with E-state index in [0.29, 0.717) is 0 Å². The molecule has 0 unspecified atom stereocenters. The van der Waals surface area contributed by atoms with E-state index >= 15 is 0 Å². The molecule has 0 spiro atoms. The zero-order valence-corrected chi connectivity index (χ0v) is 15.9. The summed E-state index contributed by atoms with van der Waals surface area (Å²) >= 11 is 7.36. The maximum absolute atomic E-state index is 3.68. The number of halogens is 2. The van der Waals surface area contributed by atoms with Crippen molar-refractivity contribution in [2.24, 2.45) is 0 Å². The SMILES string of the molecule is Brc1ccc(-c2ccc(Br)n2-c2ccccc2)n1-c1ccccc1. The first-order chi connectivity index (χ1) is 11.8. The molecule has 24 heavy (non-hydrogen) atoms. The van der Waals surface area contributed by atoms with E-state index in [1.165, 1.54) is 0 Å². The number of benzene rings is 2. The van der Waals surface area contributed by atoms with Crippen molar-refractivity contribution in [3.8, 4) is 22.8 Å². The van der Waals surface area contributed by atoms with Gasteiger partial charge in [0, 0.05) is 11.4 Å². The summed E-state index contributed by atoms with van der Waals surface area (Å²) < 4.78 is 6.48. The molecule has 0 saturated heterocycles. The molecule has 4 heteroatoms. The van der Waals surface area contributed by atoms with Crippen LogP contribution in [0.1, 0.15) is 0 Å². The van der Waals surface area contributed by atoms with Crippen molar-refractivity contribution in [1.82, 2.24) is 9.13 Å². The van der Waals surface area contributed by atoms with E-state index < -0.39 is 0 Å². The van der Waals surface area contributed by atoms with Gasteiger partial charge in [-0.05, 0) is 80.4 Å². The summed E-state index contributed by atoms with van der Waals surface area (Å²) in [7, 11) is 0. The Hall–Kier alpha value is -2.04. The molecule has 118 valence electrons. The largest absolute Gasteiger partial charge is 0.302 e. The van der Waals surface area contributed by atoms with Crippen LogP contribution in [-0.4, -0.2) is 9.13 Å². The van der Waals surface area contributed by atoms with Crippen LogP contribution in [0.15, 0.2) is 94.1 Å². The Labute approximate surface area is 157 Å². The molecule has 2 heterocycles. The minimum Gasteiger partial charge on any atom is -0.302 e. The summed E-state index contributed by atoms with van der Waals surface area (Å²) in [4.78, 5) is 0. The van der Waals surface area contributed by atoms with Crippen LogP contribution >= 0.6 is 31.9 Å². The lowest BCUT2D eigenvalue weighted by Gasteiger charge is -2.15. The summed E-state index contributed by atoms with van der Waals surface area (Å²) in [5.41, 5.74) is 4.51. The van der Waals surface area contributed by atoms with Gasteiger partial charge >= 0.3 is 0 Å². The van der Waals surface area contributed by atoms with E-state index in [1.807, 2.05) is 12.1 Å².